The van der Waals surface area contributed by atoms with Gasteiger partial charge in [0.05, 0.1) is 24.4 Å². The maximum atomic E-state index is 12.4. The monoisotopic (exact) mass is 738 g/mol. The largest absolute Gasteiger partial charge is 0.373 e. The molecule has 6 amide bonds. The van der Waals surface area contributed by atoms with Crippen molar-refractivity contribution in [2.75, 3.05) is 32.8 Å². The Balaban J connectivity index is 2.17. The molecule has 1 fully saturated rings. The highest BCUT2D eigenvalue weighted by atomic mass is 16.6. The van der Waals surface area contributed by atoms with Crippen LogP contribution in [-0.4, -0.2) is 90.4 Å². The van der Waals surface area contributed by atoms with E-state index in [-0.39, 0.29) is 74.5 Å². The number of carbonyl (C=O) groups excluding carboxylic acids is 6. The smallest absolute Gasteiger partial charge is 0.239 e. The second kappa shape index (κ2) is 25.8. The van der Waals surface area contributed by atoms with Gasteiger partial charge in [-0.15, -0.1) is 0 Å². The van der Waals surface area contributed by atoms with Crippen LogP contribution in [0.25, 0.3) is 0 Å². The number of nitrogens with zero attached hydrogens (tertiary/aromatic N) is 1. The summed E-state index contributed by atoms with van der Waals surface area (Å²) in [6.45, 7) is 13.1. The van der Waals surface area contributed by atoms with Crippen molar-refractivity contribution in [3.63, 3.8) is 0 Å². The van der Waals surface area contributed by atoms with E-state index >= 15 is 0 Å². The number of amides is 6. The van der Waals surface area contributed by atoms with Crippen LogP contribution in [0, 0.1) is 5.92 Å². The van der Waals surface area contributed by atoms with Crippen molar-refractivity contribution in [2.45, 2.75) is 174 Å². The van der Waals surface area contributed by atoms with Crippen LogP contribution in [0.5, 0.6) is 0 Å². The molecule has 0 aromatic rings. The quantitative estimate of drug-likeness (QED) is 0.0576. The molecule has 2 unspecified atom stereocenters. The van der Waals surface area contributed by atoms with Gasteiger partial charge in [0, 0.05) is 51.2 Å². The van der Waals surface area contributed by atoms with E-state index in [9.17, 15) is 28.8 Å². The first-order chi connectivity index (χ1) is 24.6. The van der Waals surface area contributed by atoms with Crippen molar-refractivity contribution >= 4 is 35.4 Å². The van der Waals surface area contributed by atoms with E-state index < -0.39 is 23.2 Å². The minimum Gasteiger partial charge on any atom is -0.373 e. The Morgan fingerprint density at radius 1 is 0.769 bits per heavy atom. The van der Waals surface area contributed by atoms with E-state index in [1.54, 1.807) is 0 Å². The normalized spacial score (nSPS) is 15.5. The summed E-state index contributed by atoms with van der Waals surface area (Å²) in [4.78, 5) is 74.4. The van der Waals surface area contributed by atoms with Gasteiger partial charge in [0.25, 0.3) is 0 Å². The predicted molar refractivity (Wildman–Crippen MR) is 202 cm³/mol. The zero-order chi connectivity index (χ0) is 39.0. The minimum atomic E-state index is -0.706. The molecule has 13 nitrogen and oxygen atoms in total. The second-order valence-corrected chi connectivity index (χ2v) is 15.4. The Morgan fingerprint density at radius 3 is 2.00 bits per heavy atom. The SMILES string of the molecule is CCCCCCCCCCCC(=O)NC(CCCCNC(=O)CCOC(C)(C)COC(C)(C)CCNC(=O)CCN1C(=O)CC(CC)C1=O)C(N)=O. The Hall–Kier alpha value is -3.06. The van der Waals surface area contributed by atoms with Gasteiger partial charge >= 0.3 is 0 Å². The number of unbranched alkanes of at least 4 members (excludes halogenated alkanes) is 9. The van der Waals surface area contributed by atoms with Gasteiger partial charge in [0.2, 0.25) is 35.4 Å². The third kappa shape index (κ3) is 21.5. The first-order valence-electron chi connectivity index (χ1n) is 19.8. The van der Waals surface area contributed by atoms with Gasteiger partial charge in [-0.1, -0.05) is 65.2 Å². The van der Waals surface area contributed by atoms with Crippen LogP contribution >= 0.6 is 0 Å². The lowest BCUT2D eigenvalue weighted by atomic mass is 10.0. The number of primary amides is 1. The van der Waals surface area contributed by atoms with Crippen LogP contribution in [0.2, 0.25) is 0 Å². The van der Waals surface area contributed by atoms with E-state index in [2.05, 4.69) is 22.9 Å². The Bertz CT molecular complexity index is 1110. The molecule has 1 saturated heterocycles. The Labute approximate surface area is 313 Å². The molecule has 0 aromatic heterocycles. The third-order valence-corrected chi connectivity index (χ3v) is 9.50. The maximum Gasteiger partial charge on any atom is 0.239 e. The first-order valence-corrected chi connectivity index (χ1v) is 19.8. The molecule has 1 rings (SSSR count). The van der Waals surface area contributed by atoms with Gasteiger partial charge in [0.15, 0.2) is 0 Å². The molecule has 1 heterocycles. The summed E-state index contributed by atoms with van der Waals surface area (Å²) in [6.07, 6.45) is 14.3. The van der Waals surface area contributed by atoms with Gasteiger partial charge in [-0.05, 0) is 66.2 Å². The van der Waals surface area contributed by atoms with Crippen molar-refractivity contribution < 1.29 is 38.2 Å². The summed E-state index contributed by atoms with van der Waals surface area (Å²) in [5.74, 6) is -1.73. The molecule has 1 aliphatic rings. The second-order valence-electron chi connectivity index (χ2n) is 15.4. The molecule has 0 aliphatic carbocycles. The van der Waals surface area contributed by atoms with Gasteiger partial charge in [-0.25, -0.2) is 0 Å². The molecule has 1 aliphatic heterocycles. The molecular formula is C39H71N5O8. The number of nitrogens with two attached hydrogens (primary N) is 1. The highest BCUT2D eigenvalue weighted by Gasteiger charge is 2.37. The molecule has 0 bridgehead atoms. The van der Waals surface area contributed by atoms with E-state index in [0.717, 1.165) is 19.3 Å². The van der Waals surface area contributed by atoms with E-state index in [1.165, 1.54) is 43.4 Å². The van der Waals surface area contributed by atoms with Crippen molar-refractivity contribution in [1.29, 1.82) is 0 Å². The number of hydrogen-bond donors (Lipinski definition) is 4. The van der Waals surface area contributed by atoms with Crippen LogP contribution in [0.4, 0.5) is 0 Å². The standard InChI is InChI=1S/C39H71N5O8/c1-7-9-10-11-12-13-14-15-16-20-34(47)43-31(36(40)49)19-17-18-24-41-33(46)22-27-51-39(5,6)29-52-38(3,4)23-25-42-32(45)21-26-44-35(48)28-30(8-2)37(44)50/h30-31H,7-29H2,1-6H3,(H2,40,49)(H,41,46)(H,42,45)(H,43,47). The Kier molecular flexibility index (Phi) is 23.3. The number of imide groups is 1. The summed E-state index contributed by atoms with van der Waals surface area (Å²) >= 11 is 0. The molecule has 0 aromatic carbocycles. The van der Waals surface area contributed by atoms with Crippen molar-refractivity contribution in [3.05, 3.63) is 0 Å². The average molecular weight is 738 g/mol. The minimum absolute atomic E-state index is 0.0680. The van der Waals surface area contributed by atoms with E-state index in [4.69, 9.17) is 15.2 Å². The summed E-state index contributed by atoms with van der Waals surface area (Å²) in [6, 6.07) is -0.706. The maximum absolute atomic E-state index is 12.4. The highest BCUT2D eigenvalue weighted by molar-refractivity contribution is 6.03. The number of ether oxygens (including phenoxy) is 2. The lowest BCUT2D eigenvalue weighted by Gasteiger charge is -2.32. The molecular weight excluding hydrogens is 666 g/mol. The predicted octanol–water partition coefficient (Wildman–Crippen LogP) is 4.83. The number of hydrogen-bond acceptors (Lipinski definition) is 8. The number of likely N-dealkylation sites (tertiary alicyclic amines) is 1. The van der Waals surface area contributed by atoms with Crippen molar-refractivity contribution in [1.82, 2.24) is 20.9 Å². The van der Waals surface area contributed by atoms with Crippen molar-refractivity contribution in [2.24, 2.45) is 11.7 Å². The zero-order valence-electron chi connectivity index (χ0n) is 33.2. The molecule has 5 N–H and O–H groups in total. The number of nitrogens with one attached hydrogen (secondary N) is 3. The van der Waals surface area contributed by atoms with E-state index in [1.807, 2.05) is 34.6 Å². The topological polar surface area (TPSA) is 186 Å². The van der Waals surface area contributed by atoms with Crippen LogP contribution in [0.1, 0.15) is 157 Å². The number of rotatable bonds is 31. The molecule has 13 heteroatoms. The fourth-order valence-electron chi connectivity index (χ4n) is 5.95. The van der Waals surface area contributed by atoms with Crippen LogP contribution in [0.3, 0.4) is 0 Å². The van der Waals surface area contributed by atoms with Crippen LogP contribution in [0.15, 0.2) is 0 Å². The zero-order valence-corrected chi connectivity index (χ0v) is 33.2. The van der Waals surface area contributed by atoms with Gasteiger partial charge in [-0.3, -0.25) is 33.7 Å². The first kappa shape index (κ1) is 47.0. The fourth-order valence-corrected chi connectivity index (χ4v) is 5.95. The summed E-state index contributed by atoms with van der Waals surface area (Å²) in [5, 5.41) is 8.48. The van der Waals surface area contributed by atoms with Gasteiger partial charge in [-0.2, -0.15) is 0 Å². The average Bonchev–Trinajstić information content (AvgIpc) is 3.36. The van der Waals surface area contributed by atoms with Crippen LogP contribution < -0.4 is 21.7 Å². The lowest BCUT2D eigenvalue weighted by molar-refractivity contribution is -0.140. The van der Waals surface area contributed by atoms with Crippen molar-refractivity contribution in [3.8, 4) is 0 Å². The molecule has 2 atom stereocenters. The van der Waals surface area contributed by atoms with Gasteiger partial charge in [0.1, 0.15) is 6.04 Å². The van der Waals surface area contributed by atoms with E-state index in [0.29, 0.717) is 51.6 Å². The fraction of sp³-hybridized carbons (Fsp3) is 0.846. The summed E-state index contributed by atoms with van der Waals surface area (Å²) in [5.41, 5.74) is 4.33. The third-order valence-electron chi connectivity index (χ3n) is 9.50. The number of carbonyl (C=O) groups is 6. The lowest BCUT2D eigenvalue weighted by Crippen LogP contribution is -2.44. The highest BCUT2D eigenvalue weighted by Crippen LogP contribution is 2.23. The molecule has 300 valence electrons. The summed E-state index contributed by atoms with van der Waals surface area (Å²) < 4.78 is 12.0. The Morgan fingerprint density at radius 2 is 1.38 bits per heavy atom. The van der Waals surface area contributed by atoms with Gasteiger partial charge < -0.3 is 31.2 Å². The van der Waals surface area contributed by atoms with Crippen LogP contribution in [-0.2, 0) is 38.2 Å². The summed E-state index contributed by atoms with van der Waals surface area (Å²) in [7, 11) is 0. The molecule has 0 saturated carbocycles. The molecule has 0 spiro atoms. The molecule has 52 heavy (non-hydrogen) atoms. The molecule has 0 radical (unpaired) electrons.